The molecule has 0 bridgehead atoms. The molecular formula is C14H19NO2. The Morgan fingerprint density at radius 2 is 2.06 bits per heavy atom. The summed E-state index contributed by atoms with van der Waals surface area (Å²) in [7, 11) is 0. The van der Waals surface area contributed by atoms with Crippen molar-refractivity contribution in [1.82, 2.24) is 5.32 Å². The van der Waals surface area contributed by atoms with E-state index >= 15 is 0 Å². The molecule has 0 amide bonds. The van der Waals surface area contributed by atoms with Crippen LogP contribution in [0.15, 0.2) is 30.3 Å². The number of ether oxygens (including phenoxy) is 1. The number of carbonyl (C=O) groups excluding carboxylic acids is 1. The van der Waals surface area contributed by atoms with Crippen LogP contribution in [0.5, 0.6) is 5.75 Å². The lowest BCUT2D eigenvalue weighted by molar-refractivity contribution is -0.123. The highest BCUT2D eigenvalue weighted by Gasteiger charge is 2.31. The third-order valence-corrected chi connectivity index (χ3v) is 3.05. The van der Waals surface area contributed by atoms with E-state index in [9.17, 15) is 4.79 Å². The van der Waals surface area contributed by atoms with Crippen LogP contribution in [-0.2, 0) is 4.79 Å². The number of hydrogen-bond acceptors (Lipinski definition) is 3. The fourth-order valence-corrected chi connectivity index (χ4v) is 2.10. The van der Waals surface area contributed by atoms with E-state index in [1.54, 1.807) is 0 Å². The highest BCUT2D eigenvalue weighted by atomic mass is 16.5. The molecule has 1 heterocycles. The Labute approximate surface area is 102 Å². The number of hydrogen-bond donors (Lipinski definition) is 1. The Morgan fingerprint density at radius 3 is 2.71 bits per heavy atom. The highest BCUT2D eigenvalue weighted by molar-refractivity contribution is 5.86. The van der Waals surface area contributed by atoms with Crippen LogP contribution in [0.25, 0.3) is 0 Å². The van der Waals surface area contributed by atoms with Crippen molar-refractivity contribution in [3.63, 3.8) is 0 Å². The van der Waals surface area contributed by atoms with Crippen molar-refractivity contribution in [2.75, 3.05) is 6.54 Å². The van der Waals surface area contributed by atoms with Gasteiger partial charge in [-0.2, -0.15) is 0 Å². The zero-order valence-electron chi connectivity index (χ0n) is 10.3. The largest absolute Gasteiger partial charge is 0.489 e. The second-order valence-electron chi connectivity index (χ2n) is 4.81. The van der Waals surface area contributed by atoms with Gasteiger partial charge < -0.3 is 10.1 Å². The second kappa shape index (κ2) is 5.32. The van der Waals surface area contributed by atoms with Gasteiger partial charge in [-0.15, -0.1) is 0 Å². The van der Waals surface area contributed by atoms with E-state index in [0.29, 0.717) is 0 Å². The standard InChI is InChI=1S/C14H19NO2/c1-10(2)14(16)13-8-12(9-15-13)17-11-6-4-3-5-7-11/h3-7,10,12-13,15H,8-9H2,1-2H3/t12?,13-/m0/s1. The third kappa shape index (κ3) is 3.07. The molecule has 1 aliphatic rings. The molecule has 0 aliphatic carbocycles. The molecule has 3 nitrogen and oxygen atoms in total. The average Bonchev–Trinajstić information content (AvgIpc) is 2.77. The zero-order chi connectivity index (χ0) is 12.3. The molecule has 1 N–H and O–H groups in total. The molecule has 0 spiro atoms. The van der Waals surface area contributed by atoms with Crippen molar-refractivity contribution >= 4 is 5.78 Å². The van der Waals surface area contributed by atoms with E-state index in [1.807, 2.05) is 44.2 Å². The van der Waals surface area contributed by atoms with Gasteiger partial charge in [0.15, 0.2) is 5.78 Å². The summed E-state index contributed by atoms with van der Waals surface area (Å²) in [4.78, 5) is 11.8. The Hall–Kier alpha value is -1.35. The van der Waals surface area contributed by atoms with Crippen LogP contribution < -0.4 is 10.1 Å². The third-order valence-electron chi connectivity index (χ3n) is 3.05. The predicted molar refractivity (Wildman–Crippen MR) is 67.1 cm³/mol. The van der Waals surface area contributed by atoms with Crippen LogP contribution >= 0.6 is 0 Å². The summed E-state index contributed by atoms with van der Waals surface area (Å²) in [5.74, 6) is 1.24. The van der Waals surface area contributed by atoms with Crippen molar-refractivity contribution in [1.29, 1.82) is 0 Å². The molecule has 2 atom stereocenters. The summed E-state index contributed by atoms with van der Waals surface area (Å²) in [6, 6.07) is 9.71. The number of rotatable bonds is 4. The Morgan fingerprint density at radius 1 is 1.35 bits per heavy atom. The van der Waals surface area contributed by atoms with Crippen molar-refractivity contribution in [2.45, 2.75) is 32.4 Å². The molecule has 0 saturated carbocycles. The van der Waals surface area contributed by atoms with E-state index in [4.69, 9.17) is 4.74 Å². The minimum Gasteiger partial charge on any atom is -0.489 e. The summed E-state index contributed by atoms with van der Waals surface area (Å²) in [6.45, 7) is 4.63. The molecule has 2 rings (SSSR count). The topological polar surface area (TPSA) is 38.3 Å². The first-order valence-electron chi connectivity index (χ1n) is 6.15. The first-order valence-corrected chi connectivity index (χ1v) is 6.15. The molecule has 1 aromatic carbocycles. The Balaban J connectivity index is 1.88. The fourth-order valence-electron chi connectivity index (χ4n) is 2.10. The van der Waals surface area contributed by atoms with Gasteiger partial charge in [-0.05, 0) is 12.1 Å². The van der Waals surface area contributed by atoms with Gasteiger partial charge in [-0.25, -0.2) is 0 Å². The molecule has 0 radical (unpaired) electrons. The van der Waals surface area contributed by atoms with Crippen LogP contribution in [0.3, 0.4) is 0 Å². The van der Waals surface area contributed by atoms with Crippen LogP contribution in [0.1, 0.15) is 20.3 Å². The lowest BCUT2D eigenvalue weighted by atomic mass is 10.0. The SMILES string of the molecule is CC(C)C(=O)[C@@H]1CC(Oc2ccccc2)CN1. The van der Waals surface area contributed by atoms with Gasteiger partial charge in [0.25, 0.3) is 0 Å². The molecule has 1 saturated heterocycles. The summed E-state index contributed by atoms with van der Waals surface area (Å²) in [6.07, 6.45) is 0.872. The Bertz CT molecular complexity index is 375. The van der Waals surface area contributed by atoms with Crippen molar-refractivity contribution in [3.05, 3.63) is 30.3 Å². The van der Waals surface area contributed by atoms with Crippen LogP contribution in [0, 0.1) is 5.92 Å². The van der Waals surface area contributed by atoms with Gasteiger partial charge in [0.2, 0.25) is 0 Å². The van der Waals surface area contributed by atoms with Crippen LogP contribution in [0.4, 0.5) is 0 Å². The van der Waals surface area contributed by atoms with E-state index in [-0.39, 0.29) is 23.8 Å². The van der Waals surface area contributed by atoms with E-state index in [1.165, 1.54) is 0 Å². The molecule has 1 aliphatic heterocycles. The van der Waals surface area contributed by atoms with Gasteiger partial charge in [-0.1, -0.05) is 32.0 Å². The molecule has 1 unspecified atom stereocenters. The van der Waals surface area contributed by atoms with Crippen LogP contribution in [0.2, 0.25) is 0 Å². The quantitative estimate of drug-likeness (QED) is 0.864. The number of benzene rings is 1. The molecule has 0 aromatic heterocycles. The number of nitrogens with one attached hydrogen (secondary N) is 1. The number of Topliss-reactive ketones (excluding diaryl/α,β-unsaturated/α-hetero) is 1. The number of carbonyl (C=O) groups is 1. The van der Waals surface area contributed by atoms with E-state index in [2.05, 4.69) is 5.32 Å². The smallest absolute Gasteiger partial charge is 0.152 e. The van der Waals surface area contributed by atoms with E-state index in [0.717, 1.165) is 18.7 Å². The molecular weight excluding hydrogens is 214 g/mol. The maximum absolute atomic E-state index is 11.8. The molecule has 92 valence electrons. The van der Waals surface area contributed by atoms with Gasteiger partial charge in [-0.3, -0.25) is 4.79 Å². The maximum Gasteiger partial charge on any atom is 0.152 e. The molecule has 3 heteroatoms. The lowest BCUT2D eigenvalue weighted by Gasteiger charge is -2.13. The van der Waals surface area contributed by atoms with E-state index < -0.39 is 0 Å². The van der Waals surface area contributed by atoms with Gasteiger partial charge in [0.1, 0.15) is 11.9 Å². The highest BCUT2D eigenvalue weighted by Crippen LogP contribution is 2.18. The minimum absolute atomic E-state index is 0.0382. The predicted octanol–water partition coefficient (Wildman–Crippen LogP) is 2.02. The van der Waals surface area contributed by atoms with Crippen molar-refractivity contribution in [2.24, 2.45) is 5.92 Å². The summed E-state index contributed by atoms with van der Waals surface area (Å²) in [5, 5.41) is 3.23. The first kappa shape index (κ1) is 12.1. The molecule has 1 fully saturated rings. The fraction of sp³-hybridized carbons (Fsp3) is 0.500. The number of ketones is 1. The monoisotopic (exact) mass is 233 g/mol. The summed E-state index contributed by atoms with van der Waals surface area (Å²) >= 11 is 0. The van der Waals surface area contributed by atoms with Crippen LogP contribution in [-0.4, -0.2) is 24.5 Å². The normalized spacial score (nSPS) is 23.9. The minimum atomic E-state index is -0.0382. The first-order chi connectivity index (χ1) is 8.16. The maximum atomic E-state index is 11.8. The summed E-state index contributed by atoms with van der Waals surface area (Å²) in [5.41, 5.74) is 0. The average molecular weight is 233 g/mol. The van der Waals surface area contributed by atoms with Crippen molar-refractivity contribution < 1.29 is 9.53 Å². The Kier molecular flexibility index (Phi) is 3.79. The lowest BCUT2D eigenvalue weighted by Crippen LogP contribution is -2.33. The van der Waals surface area contributed by atoms with Crippen molar-refractivity contribution in [3.8, 4) is 5.75 Å². The van der Waals surface area contributed by atoms with Gasteiger partial charge >= 0.3 is 0 Å². The second-order valence-corrected chi connectivity index (χ2v) is 4.81. The molecule has 17 heavy (non-hydrogen) atoms. The van der Waals surface area contributed by atoms with Gasteiger partial charge in [0, 0.05) is 18.9 Å². The van der Waals surface area contributed by atoms with Gasteiger partial charge in [0.05, 0.1) is 6.04 Å². The zero-order valence-corrected chi connectivity index (χ0v) is 10.3. The summed E-state index contributed by atoms with van der Waals surface area (Å²) < 4.78 is 5.82. The number of para-hydroxylation sites is 1. The molecule has 1 aromatic rings.